The maximum Gasteiger partial charge on any atom is 0.323 e. The maximum absolute atomic E-state index is 11.4. The SMILES string of the molecule is CSCC[C@H](N)C(=O)OCCOc1ccccc1. The van der Waals surface area contributed by atoms with E-state index in [0.717, 1.165) is 11.5 Å². The van der Waals surface area contributed by atoms with Gasteiger partial charge in [0.05, 0.1) is 0 Å². The Morgan fingerprint density at radius 1 is 1.33 bits per heavy atom. The topological polar surface area (TPSA) is 61.6 Å². The molecule has 2 N–H and O–H groups in total. The highest BCUT2D eigenvalue weighted by molar-refractivity contribution is 7.98. The molecule has 1 aromatic carbocycles. The highest BCUT2D eigenvalue weighted by Crippen LogP contribution is 2.07. The molecule has 0 radical (unpaired) electrons. The fourth-order valence-electron chi connectivity index (χ4n) is 1.29. The summed E-state index contributed by atoms with van der Waals surface area (Å²) < 4.78 is 10.4. The summed E-state index contributed by atoms with van der Waals surface area (Å²) in [6.45, 7) is 0.561. The molecule has 0 saturated heterocycles. The van der Waals surface area contributed by atoms with Crippen LogP contribution in [0.4, 0.5) is 0 Å². The summed E-state index contributed by atoms with van der Waals surface area (Å²) in [5.41, 5.74) is 5.67. The summed E-state index contributed by atoms with van der Waals surface area (Å²) in [4.78, 5) is 11.4. The Morgan fingerprint density at radius 2 is 2.06 bits per heavy atom. The molecule has 0 aliphatic rings. The molecule has 0 spiro atoms. The second-order valence-corrected chi connectivity index (χ2v) is 4.70. The van der Waals surface area contributed by atoms with Crippen LogP contribution in [0.1, 0.15) is 6.42 Å². The highest BCUT2D eigenvalue weighted by Gasteiger charge is 2.13. The van der Waals surface area contributed by atoms with Gasteiger partial charge in [-0.05, 0) is 30.6 Å². The van der Waals surface area contributed by atoms with Crippen LogP contribution < -0.4 is 10.5 Å². The van der Waals surface area contributed by atoms with Gasteiger partial charge in [0.25, 0.3) is 0 Å². The van der Waals surface area contributed by atoms with Gasteiger partial charge in [0.2, 0.25) is 0 Å². The molecule has 100 valence electrons. The van der Waals surface area contributed by atoms with Gasteiger partial charge in [-0.25, -0.2) is 0 Å². The number of hydrogen-bond donors (Lipinski definition) is 1. The van der Waals surface area contributed by atoms with Gasteiger partial charge < -0.3 is 15.2 Å². The van der Waals surface area contributed by atoms with Crippen molar-refractivity contribution in [2.75, 3.05) is 25.2 Å². The van der Waals surface area contributed by atoms with E-state index in [-0.39, 0.29) is 12.6 Å². The van der Waals surface area contributed by atoms with Crippen LogP contribution in [-0.2, 0) is 9.53 Å². The first kappa shape index (κ1) is 14.9. The van der Waals surface area contributed by atoms with Crippen molar-refractivity contribution in [3.63, 3.8) is 0 Å². The Balaban J connectivity index is 2.12. The molecule has 0 amide bonds. The maximum atomic E-state index is 11.4. The average molecular weight is 269 g/mol. The molecule has 4 nitrogen and oxygen atoms in total. The average Bonchev–Trinajstić information content (AvgIpc) is 2.41. The minimum Gasteiger partial charge on any atom is -0.490 e. The zero-order valence-corrected chi connectivity index (χ0v) is 11.3. The van der Waals surface area contributed by atoms with Crippen LogP contribution in [0.25, 0.3) is 0 Å². The van der Waals surface area contributed by atoms with Crippen LogP contribution >= 0.6 is 11.8 Å². The van der Waals surface area contributed by atoms with Gasteiger partial charge in [-0.3, -0.25) is 4.79 Å². The van der Waals surface area contributed by atoms with E-state index in [2.05, 4.69) is 0 Å². The lowest BCUT2D eigenvalue weighted by atomic mass is 10.2. The summed E-state index contributed by atoms with van der Waals surface area (Å²) in [5.74, 6) is 1.26. The van der Waals surface area contributed by atoms with E-state index < -0.39 is 6.04 Å². The van der Waals surface area contributed by atoms with Crippen molar-refractivity contribution in [2.45, 2.75) is 12.5 Å². The molecule has 0 bridgehead atoms. The van der Waals surface area contributed by atoms with Crippen LogP contribution in [0, 0.1) is 0 Å². The number of carbonyl (C=O) groups is 1. The third kappa shape index (κ3) is 5.93. The van der Waals surface area contributed by atoms with Gasteiger partial charge in [-0.1, -0.05) is 18.2 Å². The summed E-state index contributed by atoms with van der Waals surface area (Å²) >= 11 is 1.66. The summed E-state index contributed by atoms with van der Waals surface area (Å²) in [7, 11) is 0. The minimum atomic E-state index is -0.533. The zero-order valence-electron chi connectivity index (χ0n) is 10.5. The minimum absolute atomic E-state index is 0.223. The first-order chi connectivity index (χ1) is 8.74. The Kier molecular flexibility index (Phi) is 7.29. The molecule has 18 heavy (non-hydrogen) atoms. The van der Waals surface area contributed by atoms with Crippen molar-refractivity contribution in [3.8, 4) is 5.75 Å². The quantitative estimate of drug-likeness (QED) is 0.575. The van der Waals surface area contributed by atoms with Crippen molar-refractivity contribution in [1.29, 1.82) is 0 Å². The summed E-state index contributed by atoms with van der Waals surface area (Å²) in [5, 5.41) is 0. The molecule has 1 atom stereocenters. The number of benzene rings is 1. The molecule has 1 aromatic rings. The zero-order chi connectivity index (χ0) is 13.2. The fraction of sp³-hybridized carbons (Fsp3) is 0.462. The lowest BCUT2D eigenvalue weighted by Gasteiger charge is -2.11. The lowest BCUT2D eigenvalue weighted by Crippen LogP contribution is -2.33. The molecule has 0 heterocycles. The predicted octanol–water partition coefficient (Wildman–Crippen LogP) is 1.69. The molecule has 0 aromatic heterocycles. The third-order valence-electron chi connectivity index (χ3n) is 2.28. The number of nitrogens with two attached hydrogens (primary N) is 1. The first-order valence-electron chi connectivity index (χ1n) is 5.83. The number of esters is 1. The van der Waals surface area contributed by atoms with Crippen LogP contribution in [0.5, 0.6) is 5.75 Å². The van der Waals surface area contributed by atoms with E-state index in [1.807, 2.05) is 36.6 Å². The highest BCUT2D eigenvalue weighted by atomic mass is 32.2. The predicted molar refractivity (Wildman–Crippen MR) is 73.9 cm³/mol. The molecule has 0 aliphatic carbocycles. The summed E-state index contributed by atoms with van der Waals surface area (Å²) in [6.07, 6.45) is 2.62. The van der Waals surface area contributed by atoms with Crippen molar-refractivity contribution in [2.24, 2.45) is 5.73 Å². The molecule has 0 unspecified atom stereocenters. The van der Waals surface area contributed by atoms with Crippen LogP contribution in [0.15, 0.2) is 30.3 Å². The number of thioether (sulfide) groups is 1. The van der Waals surface area contributed by atoms with Gasteiger partial charge in [-0.15, -0.1) is 0 Å². The van der Waals surface area contributed by atoms with Gasteiger partial charge in [-0.2, -0.15) is 11.8 Å². The lowest BCUT2D eigenvalue weighted by molar-refractivity contribution is -0.145. The standard InChI is InChI=1S/C13H19NO3S/c1-18-10-7-12(14)13(15)17-9-8-16-11-5-3-2-4-6-11/h2-6,12H,7-10,14H2,1H3/t12-/m0/s1. The fourth-order valence-corrected chi connectivity index (χ4v) is 1.78. The molecule has 5 heteroatoms. The molecule has 0 saturated carbocycles. The van der Waals surface area contributed by atoms with E-state index >= 15 is 0 Å². The van der Waals surface area contributed by atoms with Crippen LogP contribution in [0.2, 0.25) is 0 Å². The summed E-state index contributed by atoms with van der Waals surface area (Å²) in [6, 6.07) is 8.86. The van der Waals surface area contributed by atoms with Gasteiger partial charge in [0.1, 0.15) is 25.0 Å². The van der Waals surface area contributed by atoms with Crippen molar-refractivity contribution >= 4 is 17.7 Å². The van der Waals surface area contributed by atoms with E-state index in [4.69, 9.17) is 15.2 Å². The van der Waals surface area contributed by atoms with Crippen LogP contribution in [0.3, 0.4) is 0 Å². The second-order valence-electron chi connectivity index (χ2n) is 3.72. The van der Waals surface area contributed by atoms with Gasteiger partial charge in [0.15, 0.2) is 0 Å². The Bertz CT molecular complexity index is 345. The molecular weight excluding hydrogens is 250 g/mol. The van der Waals surface area contributed by atoms with Gasteiger partial charge in [0, 0.05) is 0 Å². The Hall–Kier alpha value is -1.20. The van der Waals surface area contributed by atoms with E-state index in [1.54, 1.807) is 11.8 Å². The number of carbonyl (C=O) groups excluding carboxylic acids is 1. The molecule has 0 fully saturated rings. The first-order valence-corrected chi connectivity index (χ1v) is 7.22. The smallest absolute Gasteiger partial charge is 0.323 e. The molecular formula is C13H19NO3S. The Morgan fingerprint density at radius 3 is 2.72 bits per heavy atom. The number of ether oxygens (including phenoxy) is 2. The Labute approximate surface area is 112 Å². The van der Waals surface area contributed by atoms with E-state index in [1.165, 1.54) is 0 Å². The largest absolute Gasteiger partial charge is 0.490 e. The van der Waals surface area contributed by atoms with E-state index in [0.29, 0.717) is 13.0 Å². The van der Waals surface area contributed by atoms with Crippen molar-refractivity contribution in [1.82, 2.24) is 0 Å². The molecule has 1 rings (SSSR count). The van der Waals surface area contributed by atoms with Gasteiger partial charge >= 0.3 is 5.97 Å². The van der Waals surface area contributed by atoms with E-state index in [9.17, 15) is 4.79 Å². The number of hydrogen-bond acceptors (Lipinski definition) is 5. The van der Waals surface area contributed by atoms with Crippen molar-refractivity contribution in [3.05, 3.63) is 30.3 Å². The third-order valence-corrected chi connectivity index (χ3v) is 2.92. The van der Waals surface area contributed by atoms with Crippen molar-refractivity contribution < 1.29 is 14.3 Å². The number of rotatable bonds is 8. The molecule has 0 aliphatic heterocycles. The monoisotopic (exact) mass is 269 g/mol. The number of para-hydroxylation sites is 1. The second kappa shape index (κ2) is 8.83. The van der Waals surface area contributed by atoms with Crippen LogP contribution in [-0.4, -0.2) is 37.2 Å². The normalized spacial score (nSPS) is 11.9.